The molecule has 1 N–H and O–H groups in total. The van der Waals surface area contributed by atoms with Crippen LogP contribution in [0.15, 0.2) is 0 Å². The Bertz CT molecular complexity index is 119. The second-order valence-corrected chi connectivity index (χ2v) is 4.02. The summed E-state index contributed by atoms with van der Waals surface area (Å²) in [6, 6.07) is 0.904. The van der Waals surface area contributed by atoms with E-state index in [1.54, 1.807) is 0 Å². The van der Waals surface area contributed by atoms with Crippen molar-refractivity contribution in [3.63, 3.8) is 0 Å². The van der Waals surface area contributed by atoms with Crippen molar-refractivity contribution in [2.24, 2.45) is 0 Å². The van der Waals surface area contributed by atoms with Crippen LogP contribution in [-0.2, 0) is 0 Å². The molecule has 1 rings (SSSR count). The summed E-state index contributed by atoms with van der Waals surface area (Å²) in [6.45, 7) is 5.96. The van der Waals surface area contributed by atoms with E-state index >= 15 is 0 Å². The summed E-state index contributed by atoms with van der Waals surface area (Å²) in [5.74, 6) is 0. The lowest BCUT2D eigenvalue weighted by Crippen LogP contribution is -2.34. The molecule has 0 aromatic carbocycles. The smallest absolute Gasteiger partial charge is 0.00951 e. The molecule has 0 radical (unpaired) electrons. The van der Waals surface area contributed by atoms with Gasteiger partial charge in [0.25, 0.3) is 0 Å². The molecule has 0 heterocycles. The standard InChI is InChI=1S/C11H24N2/c1-3-13(10-6-9-12-2)11-7-4-5-8-11/h11-12H,3-10H2,1-2H3. The van der Waals surface area contributed by atoms with Crippen LogP contribution in [0.1, 0.15) is 39.0 Å². The van der Waals surface area contributed by atoms with Crippen molar-refractivity contribution in [2.45, 2.75) is 45.1 Å². The van der Waals surface area contributed by atoms with Gasteiger partial charge in [0.2, 0.25) is 0 Å². The normalized spacial score (nSPS) is 18.7. The minimum absolute atomic E-state index is 0.904. The van der Waals surface area contributed by atoms with Gasteiger partial charge in [0.1, 0.15) is 0 Å². The van der Waals surface area contributed by atoms with Gasteiger partial charge in [-0.25, -0.2) is 0 Å². The van der Waals surface area contributed by atoms with Crippen LogP contribution in [0.5, 0.6) is 0 Å². The Morgan fingerprint density at radius 1 is 1.31 bits per heavy atom. The lowest BCUT2D eigenvalue weighted by molar-refractivity contribution is 0.206. The third-order valence-corrected chi connectivity index (χ3v) is 3.12. The average Bonchev–Trinajstić information content (AvgIpc) is 2.65. The Morgan fingerprint density at radius 3 is 2.54 bits per heavy atom. The molecule has 0 saturated heterocycles. The van der Waals surface area contributed by atoms with E-state index in [2.05, 4.69) is 17.1 Å². The van der Waals surface area contributed by atoms with Crippen LogP contribution in [0.25, 0.3) is 0 Å². The lowest BCUT2D eigenvalue weighted by Gasteiger charge is -2.27. The molecule has 0 aromatic rings. The number of hydrogen-bond donors (Lipinski definition) is 1. The van der Waals surface area contributed by atoms with Crippen molar-refractivity contribution in [2.75, 3.05) is 26.7 Å². The molecule has 13 heavy (non-hydrogen) atoms. The van der Waals surface area contributed by atoms with Crippen molar-refractivity contribution in [3.8, 4) is 0 Å². The fraction of sp³-hybridized carbons (Fsp3) is 1.00. The topological polar surface area (TPSA) is 15.3 Å². The van der Waals surface area contributed by atoms with E-state index in [1.165, 1.54) is 45.2 Å². The molecule has 1 aliphatic rings. The molecular weight excluding hydrogens is 160 g/mol. The monoisotopic (exact) mass is 184 g/mol. The number of rotatable bonds is 6. The van der Waals surface area contributed by atoms with Crippen molar-refractivity contribution in [1.29, 1.82) is 0 Å². The summed E-state index contributed by atoms with van der Waals surface area (Å²) in [6.07, 6.45) is 7.07. The van der Waals surface area contributed by atoms with Gasteiger partial charge in [-0.05, 0) is 45.9 Å². The number of hydrogen-bond acceptors (Lipinski definition) is 2. The van der Waals surface area contributed by atoms with E-state index in [0.29, 0.717) is 0 Å². The Kier molecular flexibility index (Phi) is 5.40. The molecule has 0 aromatic heterocycles. The number of nitrogens with one attached hydrogen (secondary N) is 1. The minimum atomic E-state index is 0.904. The molecule has 78 valence electrons. The zero-order valence-corrected chi connectivity index (χ0v) is 9.18. The van der Waals surface area contributed by atoms with Gasteiger partial charge < -0.3 is 10.2 Å². The Labute approximate surface area is 82.7 Å². The maximum atomic E-state index is 3.21. The first-order valence-corrected chi connectivity index (χ1v) is 5.77. The van der Waals surface area contributed by atoms with Crippen LogP contribution in [0, 0.1) is 0 Å². The van der Waals surface area contributed by atoms with Gasteiger partial charge in [-0.15, -0.1) is 0 Å². The Morgan fingerprint density at radius 2 is 2.00 bits per heavy atom. The minimum Gasteiger partial charge on any atom is -0.320 e. The van der Waals surface area contributed by atoms with Gasteiger partial charge in [0.15, 0.2) is 0 Å². The van der Waals surface area contributed by atoms with E-state index in [-0.39, 0.29) is 0 Å². The highest BCUT2D eigenvalue weighted by atomic mass is 15.1. The molecule has 0 spiro atoms. The predicted molar refractivity (Wildman–Crippen MR) is 58.0 cm³/mol. The summed E-state index contributed by atoms with van der Waals surface area (Å²) in [4.78, 5) is 2.66. The van der Waals surface area contributed by atoms with E-state index in [0.717, 1.165) is 12.6 Å². The molecule has 2 heteroatoms. The van der Waals surface area contributed by atoms with Gasteiger partial charge in [0, 0.05) is 6.04 Å². The molecule has 0 amide bonds. The highest BCUT2D eigenvalue weighted by Gasteiger charge is 2.20. The molecule has 1 fully saturated rings. The van der Waals surface area contributed by atoms with Gasteiger partial charge in [-0.2, -0.15) is 0 Å². The summed E-state index contributed by atoms with van der Waals surface area (Å²) in [5.41, 5.74) is 0. The van der Waals surface area contributed by atoms with Crippen LogP contribution in [0.4, 0.5) is 0 Å². The van der Waals surface area contributed by atoms with Crippen molar-refractivity contribution in [3.05, 3.63) is 0 Å². The van der Waals surface area contributed by atoms with Crippen molar-refractivity contribution < 1.29 is 0 Å². The SMILES string of the molecule is CCN(CCCNC)C1CCCC1. The van der Waals surface area contributed by atoms with Crippen LogP contribution < -0.4 is 5.32 Å². The van der Waals surface area contributed by atoms with E-state index in [4.69, 9.17) is 0 Å². The van der Waals surface area contributed by atoms with Crippen LogP contribution in [0.3, 0.4) is 0 Å². The summed E-state index contributed by atoms with van der Waals surface area (Å²) in [5, 5.41) is 3.21. The van der Waals surface area contributed by atoms with Gasteiger partial charge in [-0.3, -0.25) is 0 Å². The van der Waals surface area contributed by atoms with Crippen molar-refractivity contribution in [1.82, 2.24) is 10.2 Å². The third-order valence-electron chi connectivity index (χ3n) is 3.12. The largest absolute Gasteiger partial charge is 0.320 e. The Balaban J connectivity index is 2.16. The van der Waals surface area contributed by atoms with E-state index < -0.39 is 0 Å². The zero-order chi connectivity index (χ0) is 9.52. The Hall–Kier alpha value is -0.0800. The molecule has 2 nitrogen and oxygen atoms in total. The zero-order valence-electron chi connectivity index (χ0n) is 9.18. The molecule has 0 aliphatic heterocycles. The fourth-order valence-corrected chi connectivity index (χ4v) is 2.33. The first-order valence-electron chi connectivity index (χ1n) is 5.77. The van der Waals surface area contributed by atoms with Gasteiger partial charge in [-0.1, -0.05) is 19.8 Å². The maximum Gasteiger partial charge on any atom is 0.00951 e. The molecule has 0 atom stereocenters. The highest BCUT2D eigenvalue weighted by molar-refractivity contribution is 4.76. The first-order chi connectivity index (χ1) is 6.38. The summed E-state index contributed by atoms with van der Waals surface area (Å²) in [7, 11) is 2.03. The maximum absolute atomic E-state index is 3.21. The summed E-state index contributed by atoms with van der Waals surface area (Å²) < 4.78 is 0. The van der Waals surface area contributed by atoms with Gasteiger partial charge >= 0.3 is 0 Å². The van der Waals surface area contributed by atoms with Crippen LogP contribution in [-0.4, -0.2) is 37.6 Å². The molecular formula is C11H24N2. The van der Waals surface area contributed by atoms with Crippen LogP contribution in [0.2, 0.25) is 0 Å². The highest BCUT2D eigenvalue weighted by Crippen LogP contribution is 2.23. The number of nitrogens with zero attached hydrogens (tertiary/aromatic N) is 1. The second-order valence-electron chi connectivity index (χ2n) is 4.02. The fourth-order valence-electron chi connectivity index (χ4n) is 2.33. The molecule has 1 aliphatic carbocycles. The lowest BCUT2D eigenvalue weighted by atomic mass is 10.2. The van der Waals surface area contributed by atoms with Crippen LogP contribution >= 0.6 is 0 Å². The first kappa shape index (κ1) is 11.0. The second kappa shape index (κ2) is 6.39. The summed E-state index contributed by atoms with van der Waals surface area (Å²) >= 11 is 0. The third kappa shape index (κ3) is 3.65. The van der Waals surface area contributed by atoms with E-state index in [1.807, 2.05) is 7.05 Å². The van der Waals surface area contributed by atoms with E-state index in [9.17, 15) is 0 Å². The van der Waals surface area contributed by atoms with Crippen molar-refractivity contribution >= 4 is 0 Å². The predicted octanol–water partition coefficient (Wildman–Crippen LogP) is 1.86. The average molecular weight is 184 g/mol. The molecule has 1 saturated carbocycles. The molecule has 0 bridgehead atoms. The van der Waals surface area contributed by atoms with Gasteiger partial charge in [0.05, 0.1) is 0 Å². The molecule has 0 unspecified atom stereocenters. The quantitative estimate of drug-likeness (QED) is 0.634.